The second-order valence-electron chi connectivity index (χ2n) is 9.25. The normalized spacial score (nSPS) is 33.9. The molecule has 0 aromatic rings. The Kier molecular flexibility index (Phi) is 6.62. The van der Waals surface area contributed by atoms with E-state index in [2.05, 4.69) is 42.8 Å². The van der Waals surface area contributed by atoms with E-state index < -0.39 is 0 Å². The second-order valence-corrected chi connectivity index (χ2v) is 9.25. The lowest BCUT2D eigenvalue weighted by Crippen LogP contribution is -2.51. The van der Waals surface area contributed by atoms with Gasteiger partial charge in [-0.2, -0.15) is 0 Å². The number of piperidine rings is 2. The van der Waals surface area contributed by atoms with Crippen LogP contribution < -0.4 is 5.32 Å². The Morgan fingerprint density at radius 3 is 2.00 bits per heavy atom. The number of nitrogens with zero attached hydrogens (tertiary/aromatic N) is 2. The zero-order valence-corrected chi connectivity index (χ0v) is 16.6. The van der Waals surface area contributed by atoms with Crippen LogP contribution in [0.25, 0.3) is 0 Å². The van der Waals surface area contributed by atoms with Crippen LogP contribution in [-0.2, 0) is 0 Å². The van der Waals surface area contributed by atoms with E-state index in [0.717, 1.165) is 35.8 Å². The fourth-order valence-electron chi connectivity index (χ4n) is 5.46. The molecule has 4 atom stereocenters. The molecule has 140 valence electrons. The van der Waals surface area contributed by atoms with E-state index in [4.69, 9.17) is 0 Å². The maximum absolute atomic E-state index is 3.52. The molecule has 24 heavy (non-hydrogen) atoms. The Labute approximate surface area is 150 Å². The van der Waals surface area contributed by atoms with E-state index in [1.54, 1.807) is 0 Å². The van der Waals surface area contributed by atoms with Crippen LogP contribution in [-0.4, -0.2) is 61.2 Å². The van der Waals surface area contributed by atoms with Gasteiger partial charge >= 0.3 is 0 Å². The molecule has 1 N–H and O–H groups in total. The monoisotopic (exact) mass is 335 g/mol. The molecule has 0 amide bonds. The summed E-state index contributed by atoms with van der Waals surface area (Å²) in [5.41, 5.74) is 0. The summed E-state index contributed by atoms with van der Waals surface area (Å²) in [7, 11) is 0. The van der Waals surface area contributed by atoms with E-state index in [1.165, 1.54) is 71.4 Å². The molecule has 3 heterocycles. The quantitative estimate of drug-likeness (QED) is 0.830. The van der Waals surface area contributed by atoms with Crippen LogP contribution in [0.2, 0.25) is 0 Å². The summed E-state index contributed by atoms with van der Waals surface area (Å²) in [5.74, 6) is 3.58. The van der Waals surface area contributed by atoms with Gasteiger partial charge in [-0.25, -0.2) is 0 Å². The third kappa shape index (κ3) is 4.34. The van der Waals surface area contributed by atoms with Crippen molar-refractivity contribution in [3.8, 4) is 0 Å². The smallest absolute Gasteiger partial charge is 0.0107 e. The molecule has 2 unspecified atom stereocenters. The van der Waals surface area contributed by atoms with Crippen LogP contribution in [0, 0.1) is 23.7 Å². The first-order valence-corrected chi connectivity index (χ1v) is 10.7. The second kappa shape index (κ2) is 8.51. The Morgan fingerprint density at radius 2 is 1.33 bits per heavy atom. The zero-order chi connectivity index (χ0) is 17.1. The number of rotatable bonds is 5. The van der Waals surface area contributed by atoms with Crippen LogP contribution in [0.3, 0.4) is 0 Å². The molecule has 0 spiro atoms. The third-order valence-electron chi connectivity index (χ3n) is 7.59. The lowest BCUT2D eigenvalue weighted by molar-refractivity contribution is 0.0507. The summed E-state index contributed by atoms with van der Waals surface area (Å²) in [6, 6.07) is 1.56. The maximum Gasteiger partial charge on any atom is 0.0107 e. The van der Waals surface area contributed by atoms with Crippen LogP contribution in [0.5, 0.6) is 0 Å². The van der Waals surface area contributed by atoms with E-state index >= 15 is 0 Å². The fourth-order valence-corrected chi connectivity index (χ4v) is 5.46. The van der Waals surface area contributed by atoms with Crippen molar-refractivity contribution in [1.82, 2.24) is 15.1 Å². The lowest BCUT2D eigenvalue weighted by Gasteiger charge is -2.44. The van der Waals surface area contributed by atoms with Gasteiger partial charge in [0.15, 0.2) is 0 Å². The van der Waals surface area contributed by atoms with Crippen molar-refractivity contribution in [2.75, 3.05) is 39.3 Å². The molecule has 3 rings (SSSR count). The largest absolute Gasteiger partial charge is 0.317 e. The molecular weight excluding hydrogens is 294 g/mol. The Morgan fingerprint density at radius 1 is 0.708 bits per heavy atom. The highest BCUT2D eigenvalue weighted by Gasteiger charge is 2.35. The van der Waals surface area contributed by atoms with Crippen molar-refractivity contribution in [3.05, 3.63) is 0 Å². The molecule has 3 aliphatic rings. The minimum atomic E-state index is 0.775. The van der Waals surface area contributed by atoms with Gasteiger partial charge in [0.2, 0.25) is 0 Å². The molecular formula is C21H41N3. The van der Waals surface area contributed by atoms with Crippen LogP contribution >= 0.6 is 0 Å². The molecule has 3 saturated heterocycles. The third-order valence-corrected chi connectivity index (χ3v) is 7.59. The van der Waals surface area contributed by atoms with Crippen molar-refractivity contribution in [3.63, 3.8) is 0 Å². The van der Waals surface area contributed by atoms with Gasteiger partial charge in [0.1, 0.15) is 0 Å². The highest BCUT2D eigenvalue weighted by Crippen LogP contribution is 2.32. The van der Waals surface area contributed by atoms with Gasteiger partial charge in [0.25, 0.3) is 0 Å². The first-order chi connectivity index (χ1) is 11.6. The van der Waals surface area contributed by atoms with Crippen molar-refractivity contribution in [2.45, 2.75) is 71.9 Å². The number of nitrogens with one attached hydrogen (secondary N) is 1. The molecule has 3 aliphatic heterocycles. The van der Waals surface area contributed by atoms with Crippen LogP contribution in [0.1, 0.15) is 59.8 Å². The number of hydrogen-bond acceptors (Lipinski definition) is 3. The van der Waals surface area contributed by atoms with E-state index in [0.29, 0.717) is 0 Å². The molecule has 0 saturated carbocycles. The Bertz CT molecular complexity index is 377. The van der Waals surface area contributed by atoms with Crippen molar-refractivity contribution < 1.29 is 0 Å². The topological polar surface area (TPSA) is 18.5 Å². The summed E-state index contributed by atoms with van der Waals surface area (Å²) in [6.07, 6.45) is 7.02. The SMILES string of the molecule is CC(C)C1CCN([C@H](C)C2CCCN([C@H](C)C3CCNCC3)C2)C1. The molecule has 0 aliphatic carbocycles. The van der Waals surface area contributed by atoms with E-state index in [1.807, 2.05) is 0 Å². The fraction of sp³-hybridized carbons (Fsp3) is 1.00. The summed E-state index contributed by atoms with van der Waals surface area (Å²) >= 11 is 0. The molecule has 0 radical (unpaired) electrons. The predicted octanol–water partition coefficient (Wildman–Crippen LogP) is 3.45. The van der Waals surface area contributed by atoms with Gasteiger partial charge in [-0.05, 0) is 95.8 Å². The summed E-state index contributed by atoms with van der Waals surface area (Å²) in [6.45, 7) is 17.7. The van der Waals surface area contributed by atoms with Crippen molar-refractivity contribution >= 4 is 0 Å². The summed E-state index contributed by atoms with van der Waals surface area (Å²) < 4.78 is 0. The molecule has 0 aromatic carbocycles. The Balaban J connectivity index is 1.53. The molecule has 0 bridgehead atoms. The average molecular weight is 336 g/mol. The molecule has 3 nitrogen and oxygen atoms in total. The minimum absolute atomic E-state index is 0.775. The molecule has 3 fully saturated rings. The van der Waals surface area contributed by atoms with Gasteiger partial charge in [0.05, 0.1) is 0 Å². The van der Waals surface area contributed by atoms with Gasteiger partial charge in [-0.1, -0.05) is 13.8 Å². The first-order valence-electron chi connectivity index (χ1n) is 10.7. The standard InChI is InChI=1S/C21H41N3/c1-16(2)20-9-13-24(14-20)18(4)21-6-5-12-23(15-21)17(3)19-7-10-22-11-8-19/h16-22H,5-15H2,1-4H3/t17-,18-,20?,21?/m1/s1. The van der Waals surface area contributed by atoms with Gasteiger partial charge in [0, 0.05) is 25.2 Å². The highest BCUT2D eigenvalue weighted by atomic mass is 15.2. The van der Waals surface area contributed by atoms with E-state index in [9.17, 15) is 0 Å². The van der Waals surface area contributed by atoms with Gasteiger partial charge in [-0.15, -0.1) is 0 Å². The Hall–Kier alpha value is -0.120. The van der Waals surface area contributed by atoms with Crippen molar-refractivity contribution in [1.29, 1.82) is 0 Å². The zero-order valence-electron chi connectivity index (χ0n) is 16.6. The minimum Gasteiger partial charge on any atom is -0.317 e. The molecule has 3 heteroatoms. The van der Waals surface area contributed by atoms with Crippen molar-refractivity contribution in [2.24, 2.45) is 23.7 Å². The van der Waals surface area contributed by atoms with E-state index in [-0.39, 0.29) is 0 Å². The summed E-state index contributed by atoms with van der Waals surface area (Å²) in [4.78, 5) is 5.66. The summed E-state index contributed by atoms with van der Waals surface area (Å²) in [5, 5.41) is 3.52. The van der Waals surface area contributed by atoms with Crippen LogP contribution in [0.4, 0.5) is 0 Å². The first kappa shape index (κ1) is 18.7. The molecule has 0 aromatic heterocycles. The van der Waals surface area contributed by atoms with Gasteiger partial charge in [-0.3, -0.25) is 0 Å². The maximum atomic E-state index is 3.52. The average Bonchev–Trinajstić information content (AvgIpc) is 3.12. The van der Waals surface area contributed by atoms with Crippen LogP contribution in [0.15, 0.2) is 0 Å². The number of likely N-dealkylation sites (tertiary alicyclic amines) is 2. The highest BCUT2D eigenvalue weighted by molar-refractivity contribution is 4.90. The van der Waals surface area contributed by atoms with Gasteiger partial charge < -0.3 is 15.1 Å². The predicted molar refractivity (Wildman–Crippen MR) is 103 cm³/mol. The number of hydrogen-bond donors (Lipinski definition) is 1. The lowest BCUT2D eigenvalue weighted by atomic mass is 9.85.